The second-order valence-corrected chi connectivity index (χ2v) is 6.05. The quantitative estimate of drug-likeness (QED) is 0.758. The van der Waals surface area contributed by atoms with Crippen LogP contribution < -0.4 is 0 Å². The van der Waals surface area contributed by atoms with Crippen molar-refractivity contribution in [1.82, 2.24) is 0 Å². The van der Waals surface area contributed by atoms with Crippen molar-refractivity contribution >= 4 is 11.6 Å². The van der Waals surface area contributed by atoms with Crippen molar-refractivity contribution < 1.29 is 9.84 Å². The van der Waals surface area contributed by atoms with E-state index >= 15 is 0 Å². The Labute approximate surface area is 98.0 Å². The van der Waals surface area contributed by atoms with Crippen molar-refractivity contribution in [2.45, 2.75) is 64.3 Å². The molecule has 0 saturated carbocycles. The third-order valence-corrected chi connectivity index (χ3v) is 3.51. The van der Waals surface area contributed by atoms with E-state index in [4.69, 9.17) is 16.3 Å². The van der Waals surface area contributed by atoms with Gasteiger partial charge in [0, 0.05) is 11.8 Å². The van der Waals surface area contributed by atoms with Gasteiger partial charge in [0.25, 0.3) is 0 Å². The summed E-state index contributed by atoms with van der Waals surface area (Å²) in [6, 6.07) is 0. The molecule has 0 spiro atoms. The maximum absolute atomic E-state index is 10.1. The van der Waals surface area contributed by atoms with E-state index in [0.29, 0.717) is 5.88 Å². The molecule has 1 aliphatic heterocycles. The zero-order chi connectivity index (χ0) is 11.7. The van der Waals surface area contributed by atoms with Crippen molar-refractivity contribution in [3.8, 4) is 0 Å². The lowest BCUT2D eigenvalue weighted by Gasteiger charge is -2.30. The molecule has 2 unspecified atom stereocenters. The summed E-state index contributed by atoms with van der Waals surface area (Å²) in [6.07, 6.45) is 2.27. The van der Waals surface area contributed by atoms with E-state index in [9.17, 15) is 5.11 Å². The number of ether oxygens (including phenoxy) is 1. The van der Waals surface area contributed by atoms with Gasteiger partial charge in [0.15, 0.2) is 0 Å². The normalized spacial score (nSPS) is 30.4. The molecule has 1 saturated heterocycles. The predicted octanol–water partition coefficient (Wildman–Crippen LogP) is 2.96. The molecule has 1 fully saturated rings. The van der Waals surface area contributed by atoms with Crippen LogP contribution in [0.25, 0.3) is 0 Å². The van der Waals surface area contributed by atoms with Crippen LogP contribution in [0.3, 0.4) is 0 Å². The van der Waals surface area contributed by atoms with Gasteiger partial charge in [-0.25, -0.2) is 0 Å². The molecule has 0 aromatic heterocycles. The monoisotopic (exact) mass is 234 g/mol. The first-order valence-electron chi connectivity index (χ1n) is 5.73. The summed E-state index contributed by atoms with van der Waals surface area (Å²) in [5, 5.41) is 10.1. The van der Waals surface area contributed by atoms with E-state index in [0.717, 1.165) is 19.3 Å². The molecule has 0 amide bonds. The van der Waals surface area contributed by atoms with Crippen LogP contribution in [0.2, 0.25) is 0 Å². The molecule has 3 heteroatoms. The van der Waals surface area contributed by atoms with E-state index in [1.807, 2.05) is 0 Å². The highest BCUT2D eigenvalue weighted by atomic mass is 35.5. The van der Waals surface area contributed by atoms with E-state index in [1.165, 1.54) is 0 Å². The molecule has 90 valence electrons. The van der Waals surface area contributed by atoms with E-state index in [2.05, 4.69) is 27.7 Å². The molecule has 1 aliphatic rings. The number of halogens is 1. The number of aliphatic hydroxyl groups is 1. The van der Waals surface area contributed by atoms with Crippen molar-refractivity contribution in [1.29, 1.82) is 0 Å². The lowest BCUT2D eigenvalue weighted by Crippen LogP contribution is -2.36. The highest BCUT2D eigenvalue weighted by Crippen LogP contribution is 2.44. The van der Waals surface area contributed by atoms with Crippen LogP contribution in [0.5, 0.6) is 0 Å². The third-order valence-electron chi connectivity index (χ3n) is 3.24. The Hall–Kier alpha value is 0.210. The topological polar surface area (TPSA) is 29.5 Å². The first-order chi connectivity index (χ1) is 6.78. The molecular weight excluding hydrogens is 212 g/mol. The van der Waals surface area contributed by atoms with Gasteiger partial charge in [0.1, 0.15) is 0 Å². The zero-order valence-corrected chi connectivity index (χ0v) is 11.0. The Morgan fingerprint density at radius 3 is 2.40 bits per heavy atom. The van der Waals surface area contributed by atoms with Gasteiger partial charge in [-0.05, 0) is 47.0 Å². The highest BCUT2D eigenvalue weighted by Gasteiger charge is 2.48. The van der Waals surface area contributed by atoms with Crippen molar-refractivity contribution in [2.75, 3.05) is 5.88 Å². The zero-order valence-electron chi connectivity index (χ0n) is 10.2. The molecule has 2 atom stereocenters. The van der Waals surface area contributed by atoms with Crippen molar-refractivity contribution in [3.05, 3.63) is 0 Å². The number of rotatable bonds is 4. The molecule has 15 heavy (non-hydrogen) atoms. The van der Waals surface area contributed by atoms with Gasteiger partial charge in [-0.1, -0.05) is 0 Å². The van der Waals surface area contributed by atoms with Crippen LogP contribution in [0.1, 0.15) is 47.0 Å². The summed E-state index contributed by atoms with van der Waals surface area (Å²) in [6.45, 7) is 8.30. The summed E-state index contributed by atoms with van der Waals surface area (Å²) in [5.74, 6) is 0.838. The lowest BCUT2D eigenvalue weighted by atomic mass is 9.81. The average molecular weight is 235 g/mol. The number of hydrogen-bond acceptors (Lipinski definition) is 2. The second kappa shape index (κ2) is 4.60. The Morgan fingerprint density at radius 1 is 1.40 bits per heavy atom. The largest absolute Gasteiger partial charge is 0.393 e. The third kappa shape index (κ3) is 3.33. The summed E-state index contributed by atoms with van der Waals surface area (Å²) < 4.78 is 5.96. The van der Waals surface area contributed by atoms with E-state index in [1.54, 1.807) is 0 Å². The van der Waals surface area contributed by atoms with Crippen LogP contribution in [0, 0.1) is 5.92 Å². The number of aliphatic hydroxyl groups excluding tert-OH is 1. The molecule has 1 N–H and O–H groups in total. The smallest absolute Gasteiger partial charge is 0.0687 e. The maximum Gasteiger partial charge on any atom is 0.0687 e. The van der Waals surface area contributed by atoms with Gasteiger partial charge in [0.2, 0.25) is 0 Å². The molecule has 0 aromatic carbocycles. The number of hydrogen-bond donors (Lipinski definition) is 1. The fourth-order valence-corrected chi connectivity index (χ4v) is 2.85. The van der Waals surface area contributed by atoms with Gasteiger partial charge in [0.05, 0.1) is 17.3 Å². The average Bonchev–Trinajstić information content (AvgIpc) is 2.30. The first kappa shape index (κ1) is 13.3. The molecule has 0 bridgehead atoms. The minimum Gasteiger partial charge on any atom is -0.393 e. The second-order valence-electron chi connectivity index (χ2n) is 5.67. The Bertz CT molecular complexity index is 214. The fraction of sp³-hybridized carbons (Fsp3) is 1.00. The lowest BCUT2D eigenvalue weighted by molar-refractivity contribution is -0.0881. The van der Waals surface area contributed by atoms with Crippen molar-refractivity contribution in [2.24, 2.45) is 5.92 Å². The molecule has 0 aromatic rings. The van der Waals surface area contributed by atoms with Crippen LogP contribution in [0.4, 0.5) is 0 Å². The van der Waals surface area contributed by atoms with Crippen LogP contribution >= 0.6 is 11.6 Å². The van der Waals surface area contributed by atoms with Crippen LogP contribution in [-0.4, -0.2) is 28.3 Å². The molecule has 0 radical (unpaired) electrons. The fourth-order valence-electron chi connectivity index (χ4n) is 2.69. The molecule has 1 rings (SSSR count). The molecule has 2 nitrogen and oxygen atoms in total. The molecule has 1 heterocycles. The van der Waals surface area contributed by atoms with Gasteiger partial charge < -0.3 is 9.84 Å². The van der Waals surface area contributed by atoms with Gasteiger partial charge in [-0.15, -0.1) is 11.6 Å². The summed E-state index contributed by atoms with van der Waals surface area (Å²) in [5.41, 5.74) is -0.342. The Balaban J connectivity index is 2.61. The Kier molecular flexibility index (Phi) is 4.07. The standard InChI is InChI=1S/C12H23ClO2/c1-11(2)8-9(12(3,4)15-11)10(14)6-5-7-13/h9-10,14H,5-8H2,1-4H3. The first-order valence-corrected chi connectivity index (χ1v) is 6.26. The molecular formula is C12H23ClO2. The summed E-state index contributed by atoms with van der Waals surface area (Å²) >= 11 is 5.64. The Morgan fingerprint density at radius 2 is 2.00 bits per heavy atom. The van der Waals surface area contributed by atoms with Gasteiger partial charge in [-0.3, -0.25) is 0 Å². The minimum atomic E-state index is -0.291. The summed E-state index contributed by atoms with van der Waals surface area (Å²) in [4.78, 5) is 0. The van der Waals surface area contributed by atoms with E-state index in [-0.39, 0.29) is 23.2 Å². The van der Waals surface area contributed by atoms with Gasteiger partial charge in [-0.2, -0.15) is 0 Å². The summed E-state index contributed by atoms with van der Waals surface area (Å²) in [7, 11) is 0. The highest BCUT2D eigenvalue weighted by molar-refractivity contribution is 6.17. The van der Waals surface area contributed by atoms with Crippen LogP contribution in [0.15, 0.2) is 0 Å². The molecule has 0 aliphatic carbocycles. The van der Waals surface area contributed by atoms with Crippen LogP contribution in [-0.2, 0) is 4.74 Å². The van der Waals surface area contributed by atoms with E-state index < -0.39 is 0 Å². The van der Waals surface area contributed by atoms with Gasteiger partial charge >= 0.3 is 0 Å². The van der Waals surface area contributed by atoms with Crippen molar-refractivity contribution in [3.63, 3.8) is 0 Å². The maximum atomic E-state index is 10.1. The number of alkyl halides is 1. The predicted molar refractivity (Wildman–Crippen MR) is 63.3 cm³/mol. The SMILES string of the molecule is CC1(C)CC(C(O)CCCCl)C(C)(C)O1. The minimum absolute atomic E-state index is 0.115.